The Morgan fingerprint density at radius 3 is 1.50 bits per heavy atom. The number of carbonyl (C=O) groups is 1. The highest BCUT2D eigenvalue weighted by Gasteiger charge is 2.09. The largest absolute Gasteiger partial charge is 0.300 e. The molecule has 0 N–H and O–H groups in total. The minimum Gasteiger partial charge on any atom is -0.300 e. The number of rotatable bonds is 0. The van der Waals surface area contributed by atoms with Gasteiger partial charge in [-0.15, -0.1) is 0 Å². The summed E-state index contributed by atoms with van der Waals surface area (Å²) in [5, 5.41) is 0. The highest BCUT2D eigenvalue weighted by atomic mass is 16.1. The van der Waals surface area contributed by atoms with Crippen LogP contribution in [-0.2, 0) is 4.79 Å². The fraction of sp³-hybridized carbons (Fsp3) is 0.737. The van der Waals surface area contributed by atoms with Crippen molar-refractivity contribution in [1.82, 2.24) is 0 Å². The lowest BCUT2D eigenvalue weighted by Gasteiger charge is -2.08. The third kappa shape index (κ3) is 13.6. The van der Waals surface area contributed by atoms with Crippen molar-refractivity contribution in [3.63, 3.8) is 0 Å². The third-order valence-corrected chi connectivity index (χ3v) is 3.02. The summed E-state index contributed by atoms with van der Waals surface area (Å²) in [6.07, 6.45) is 15.1. The van der Waals surface area contributed by atoms with Crippen LogP contribution in [-0.4, -0.2) is 5.78 Å². The van der Waals surface area contributed by atoms with Crippen LogP contribution in [0.4, 0.5) is 0 Å². The van der Waals surface area contributed by atoms with Gasteiger partial charge in [-0.05, 0) is 37.5 Å². The summed E-state index contributed by atoms with van der Waals surface area (Å²) in [6, 6.07) is 0. The molecule has 1 rings (SSSR count). The molecule has 0 aromatic heterocycles. The molecule has 0 aromatic rings. The zero-order valence-corrected chi connectivity index (χ0v) is 14.6. The molecule has 0 amide bonds. The van der Waals surface area contributed by atoms with Crippen LogP contribution in [0.25, 0.3) is 0 Å². The van der Waals surface area contributed by atoms with Gasteiger partial charge >= 0.3 is 0 Å². The van der Waals surface area contributed by atoms with Gasteiger partial charge in [0.05, 0.1) is 0 Å². The summed E-state index contributed by atoms with van der Waals surface area (Å²) in [5.41, 5.74) is 0. The summed E-state index contributed by atoms with van der Waals surface area (Å²) in [7, 11) is 0. The van der Waals surface area contributed by atoms with Gasteiger partial charge in [0.2, 0.25) is 0 Å². The predicted octanol–water partition coefficient (Wildman–Crippen LogP) is 6.35. The van der Waals surface area contributed by atoms with Gasteiger partial charge in [0, 0.05) is 12.8 Å². The summed E-state index contributed by atoms with van der Waals surface area (Å²) in [5.74, 6) is 1.21. The van der Waals surface area contributed by atoms with E-state index in [-0.39, 0.29) is 0 Å². The van der Waals surface area contributed by atoms with Gasteiger partial charge in [-0.1, -0.05) is 65.8 Å². The first-order valence-corrected chi connectivity index (χ1v) is 8.53. The third-order valence-electron chi connectivity index (χ3n) is 3.02. The van der Waals surface area contributed by atoms with Gasteiger partial charge in [-0.3, -0.25) is 4.79 Å². The Balaban J connectivity index is 0. The van der Waals surface area contributed by atoms with E-state index in [0.29, 0.717) is 30.5 Å². The van der Waals surface area contributed by atoms with E-state index in [9.17, 15) is 4.79 Å². The number of hydrogen-bond acceptors (Lipinski definition) is 1. The second kappa shape index (κ2) is 16.2. The fourth-order valence-electron chi connectivity index (χ4n) is 2.12. The van der Waals surface area contributed by atoms with Crippen molar-refractivity contribution in [1.29, 1.82) is 0 Å². The topological polar surface area (TPSA) is 17.1 Å². The first-order valence-electron chi connectivity index (χ1n) is 8.53. The van der Waals surface area contributed by atoms with Crippen LogP contribution in [0.5, 0.6) is 0 Å². The molecule has 118 valence electrons. The monoisotopic (exact) mass is 280 g/mol. The minimum absolute atomic E-state index is 0.397. The molecular formula is C19H36O. The molecule has 0 aliphatic heterocycles. The summed E-state index contributed by atoms with van der Waals surface area (Å²) < 4.78 is 0. The quantitative estimate of drug-likeness (QED) is 0.473. The Kier molecular flexibility index (Phi) is 17.4. The summed E-state index contributed by atoms with van der Waals surface area (Å²) in [6.45, 7) is 12.3. The maximum Gasteiger partial charge on any atom is 0.134 e. The van der Waals surface area contributed by atoms with Gasteiger partial charge in [-0.2, -0.15) is 0 Å². The molecule has 0 spiro atoms. The van der Waals surface area contributed by atoms with Crippen LogP contribution in [0.15, 0.2) is 24.3 Å². The van der Waals surface area contributed by atoms with Crippen LogP contribution in [0.3, 0.4) is 0 Å². The van der Waals surface area contributed by atoms with E-state index in [1.165, 1.54) is 12.8 Å². The van der Waals surface area contributed by atoms with Gasteiger partial charge in [0.25, 0.3) is 0 Å². The Labute approximate surface area is 127 Å². The van der Waals surface area contributed by atoms with Crippen molar-refractivity contribution in [2.24, 2.45) is 11.8 Å². The molecule has 0 saturated heterocycles. The first-order chi connectivity index (χ1) is 9.68. The molecule has 20 heavy (non-hydrogen) atoms. The van der Waals surface area contributed by atoms with E-state index in [1.807, 2.05) is 27.7 Å². The molecule has 1 aliphatic rings. The lowest BCUT2D eigenvalue weighted by molar-refractivity contribution is -0.120. The number of Topliss-reactive ketones (excluding diaryl/α,β-unsaturated/α-hetero) is 1. The summed E-state index contributed by atoms with van der Waals surface area (Å²) in [4.78, 5) is 11.7. The maximum atomic E-state index is 11.7. The van der Waals surface area contributed by atoms with Crippen molar-refractivity contribution in [2.45, 2.75) is 80.1 Å². The number of allylic oxidation sites excluding steroid dienone is 4. The zero-order chi connectivity index (χ0) is 15.8. The molecule has 1 heteroatoms. The molecule has 0 bridgehead atoms. The molecule has 0 aromatic carbocycles. The molecule has 2 atom stereocenters. The standard InChI is InChI=1S/C15H24O.2C2H6/c1-13-9-7-5-3-4-6-8-10-14(2)12-15(16)11-13;2*1-2/h7-10,13-14H,3-6,11-12H2,1-2H3;2*1-2H3/b9-7+,10-8?;;. The van der Waals surface area contributed by atoms with Crippen molar-refractivity contribution in [3.8, 4) is 0 Å². The fourth-order valence-corrected chi connectivity index (χ4v) is 2.12. The van der Waals surface area contributed by atoms with E-state index in [0.717, 1.165) is 12.8 Å². The number of hydrogen-bond donors (Lipinski definition) is 0. The van der Waals surface area contributed by atoms with Gasteiger partial charge in [-0.25, -0.2) is 0 Å². The second-order valence-electron chi connectivity index (χ2n) is 5.04. The van der Waals surface area contributed by atoms with Crippen LogP contribution in [0, 0.1) is 11.8 Å². The second-order valence-corrected chi connectivity index (χ2v) is 5.04. The van der Waals surface area contributed by atoms with Crippen molar-refractivity contribution in [3.05, 3.63) is 24.3 Å². The molecular weight excluding hydrogens is 244 g/mol. The van der Waals surface area contributed by atoms with Gasteiger partial charge in [0.1, 0.15) is 5.78 Å². The Hall–Kier alpha value is -0.850. The van der Waals surface area contributed by atoms with E-state index < -0.39 is 0 Å². The van der Waals surface area contributed by atoms with E-state index >= 15 is 0 Å². The highest BCUT2D eigenvalue weighted by molar-refractivity contribution is 5.79. The van der Waals surface area contributed by atoms with Crippen LogP contribution in [0.2, 0.25) is 0 Å². The van der Waals surface area contributed by atoms with Crippen LogP contribution >= 0.6 is 0 Å². The van der Waals surface area contributed by atoms with E-state index in [1.54, 1.807) is 0 Å². The molecule has 0 heterocycles. The lowest BCUT2D eigenvalue weighted by atomic mass is 9.97. The Morgan fingerprint density at radius 1 is 0.800 bits per heavy atom. The maximum absolute atomic E-state index is 11.7. The van der Waals surface area contributed by atoms with E-state index in [2.05, 4.69) is 38.2 Å². The van der Waals surface area contributed by atoms with Crippen molar-refractivity contribution in [2.75, 3.05) is 0 Å². The Morgan fingerprint density at radius 2 is 1.15 bits per heavy atom. The predicted molar refractivity (Wildman–Crippen MR) is 92.0 cm³/mol. The average molecular weight is 280 g/mol. The van der Waals surface area contributed by atoms with Crippen molar-refractivity contribution < 1.29 is 4.79 Å². The SMILES string of the molecule is CC.CC.CC1C=CCCCC/C=C/C(C)CC(=O)C1. The summed E-state index contributed by atoms with van der Waals surface area (Å²) >= 11 is 0. The minimum atomic E-state index is 0.397. The van der Waals surface area contributed by atoms with Crippen LogP contribution in [0.1, 0.15) is 80.1 Å². The smallest absolute Gasteiger partial charge is 0.134 e. The first kappa shape index (κ1) is 21.4. The molecule has 0 saturated carbocycles. The Bertz CT molecular complexity index is 237. The zero-order valence-electron chi connectivity index (χ0n) is 14.6. The van der Waals surface area contributed by atoms with Crippen LogP contribution < -0.4 is 0 Å². The number of ketones is 1. The number of carbonyl (C=O) groups excluding carboxylic acids is 1. The van der Waals surface area contributed by atoms with Gasteiger partial charge in [0.15, 0.2) is 0 Å². The highest BCUT2D eigenvalue weighted by Crippen LogP contribution is 2.14. The molecule has 1 aliphatic carbocycles. The molecule has 0 fully saturated rings. The molecule has 0 radical (unpaired) electrons. The van der Waals surface area contributed by atoms with Crippen molar-refractivity contribution >= 4 is 5.78 Å². The lowest BCUT2D eigenvalue weighted by Crippen LogP contribution is -2.07. The normalized spacial score (nSPS) is 25.6. The molecule has 1 nitrogen and oxygen atoms in total. The van der Waals surface area contributed by atoms with E-state index in [4.69, 9.17) is 0 Å². The molecule has 2 unspecified atom stereocenters. The van der Waals surface area contributed by atoms with Gasteiger partial charge < -0.3 is 0 Å². The average Bonchev–Trinajstić information content (AvgIpc) is 2.46.